The molecular weight excluding hydrogens is 340 g/mol. The summed E-state index contributed by atoms with van der Waals surface area (Å²) in [6.07, 6.45) is 4.28. The molecule has 3 aromatic rings. The van der Waals surface area contributed by atoms with Gasteiger partial charge in [0.1, 0.15) is 0 Å². The molecule has 0 radical (unpaired) electrons. The van der Waals surface area contributed by atoms with Gasteiger partial charge in [0.2, 0.25) is 5.91 Å². The molecule has 26 heavy (non-hydrogen) atoms. The topological polar surface area (TPSA) is 33.2 Å². The number of hydrogen-bond donors (Lipinski definition) is 0. The summed E-state index contributed by atoms with van der Waals surface area (Å²) in [7, 11) is 0. The van der Waals surface area contributed by atoms with E-state index in [1.807, 2.05) is 29.2 Å². The second-order valence-corrected chi connectivity index (χ2v) is 8.34. The maximum atomic E-state index is 13.5. The van der Waals surface area contributed by atoms with Crippen molar-refractivity contribution in [3.63, 3.8) is 0 Å². The number of carbonyl (C=O) groups is 1. The monoisotopic (exact) mass is 364 g/mol. The first-order valence-corrected chi connectivity index (χ1v) is 10.3. The molecule has 0 bridgehead atoms. The van der Waals surface area contributed by atoms with Crippen molar-refractivity contribution >= 4 is 38.3 Å². The highest BCUT2D eigenvalue weighted by atomic mass is 32.1. The molecule has 1 aromatic heterocycles. The number of nitrogens with zero attached hydrogens (tertiary/aromatic N) is 2. The highest BCUT2D eigenvalue weighted by Gasteiger charge is 2.32. The molecule has 0 atom stereocenters. The standard InChI is InChI=1S/C22H24N2OS/c1-15(2)17-11-5-7-13-19(17)24(21(25)16-9-3-4-10-16)22-23-18-12-6-8-14-20(18)26-22/h5-8,11-16H,3-4,9-10H2,1-2H3. The number of amides is 1. The second-order valence-electron chi connectivity index (χ2n) is 7.33. The number of fused-ring (bicyclic) bond motifs is 1. The van der Waals surface area contributed by atoms with E-state index in [1.165, 1.54) is 5.56 Å². The van der Waals surface area contributed by atoms with Gasteiger partial charge in [-0.05, 0) is 42.5 Å². The van der Waals surface area contributed by atoms with E-state index in [2.05, 4.69) is 38.1 Å². The maximum Gasteiger partial charge on any atom is 0.236 e. The minimum Gasteiger partial charge on any atom is -0.274 e. The van der Waals surface area contributed by atoms with Crippen LogP contribution >= 0.6 is 11.3 Å². The molecule has 0 aliphatic heterocycles. The van der Waals surface area contributed by atoms with Gasteiger partial charge in [0.05, 0.1) is 15.9 Å². The van der Waals surface area contributed by atoms with Crippen molar-refractivity contribution in [2.24, 2.45) is 5.92 Å². The van der Waals surface area contributed by atoms with Crippen molar-refractivity contribution in [1.29, 1.82) is 0 Å². The number of benzene rings is 2. The van der Waals surface area contributed by atoms with E-state index in [9.17, 15) is 4.79 Å². The van der Waals surface area contributed by atoms with Crippen LogP contribution in [0.25, 0.3) is 10.2 Å². The molecule has 1 aliphatic rings. The van der Waals surface area contributed by atoms with E-state index in [0.717, 1.165) is 46.7 Å². The first-order valence-electron chi connectivity index (χ1n) is 9.43. The Labute approximate surface area is 158 Å². The third-order valence-electron chi connectivity index (χ3n) is 5.20. The van der Waals surface area contributed by atoms with E-state index >= 15 is 0 Å². The molecule has 134 valence electrons. The van der Waals surface area contributed by atoms with Crippen LogP contribution in [0.3, 0.4) is 0 Å². The van der Waals surface area contributed by atoms with Gasteiger partial charge in [-0.25, -0.2) is 4.98 Å². The zero-order valence-corrected chi connectivity index (χ0v) is 16.1. The van der Waals surface area contributed by atoms with Crippen molar-refractivity contribution in [3.8, 4) is 0 Å². The first-order chi connectivity index (χ1) is 12.6. The molecule has 1 saturated carbocycles. The first kappa shape index (κ1) is 17.2. The zero-order valence-electron chi connectivity index (χ0n) is 15.3. The molecule has 2 aromatic carbocycles. The van der Waals surface area contributed by atoms with Crippen molar-refractivity contribution in [3.05, 3.63) is 54.1 Å². The van der Waals surface area contributed by atoms with Crippen LogP contribution < -0.4 is 4.90 Å². The highest BCUT2D eigenvalue weighted by Crippen LogP contribution is 2.40. The number of hydrogen-bond acceptors (Lipinski definition) is 3. The van der Waals surface area contributed by atoms with Crippen molar-refractivity contribution in [2.45, 2.75) is 45.4 Å². The lowest BCUT2D eigenvalue weighted by atomic mass is 9.99. The zero-order chi connectivity index (χ0) is 18.1. The Morgan fingerprint density at radius 3 is 2.50 bits per heavy atom. The fourth-order valence-electron chi connectivity index (χ4n) is 3.81. The van der Waals surface area contributed by atoms with Gasteiger partial charge in [0, 0.05) is 5.92 Å². The number of rotatable bonds is 4. The smallest absolute Gasteiger partial charge is 0.236 e. The van der Waals surface area contributed by atoms with Gasteiger partial charge >= 0.3 is 0 Å². The third-order valence-corrected chi connectivity index (χ3v) is 6.22. The molecule has 3 nitrogen and oxygen atoms in total. The number of para-hydroxylation sites is 2. The summed E-state index contributed by atoms with van der Waals surface area (Å²) in [5, 5.41) is 0.788. The Kier molecular flexibility index (Phi) is 4.77. The van der Waals surface area contributed by atoms with E-state index in [1.54, 1.807) is 11.3 Å². The molecule has 1 aliphatic carbocycles. The van der Waals surface area contributed by atoms with Gasteiger partial charge in [-0.15, -0.1) is 0 Å². The van der Waals surface area contributed by atoms with Gasteiger partial charge in [-0.1, -0.05) is 68.4 Å². The summed E-state index contributed by atoms with van der Waals surface area (Å²) in [6.45, 7) is 4.35. The lowest BCUT2D eigenvalue weighted by molar-refractivity contribution is -0.121. The van der Waals surface area contributed by atoms with Gasteiger partial charge in [-0.3, -0.25) is 9.69 Å². The number of anilines is 2. The minimum absolute atomic E-state index is 0.113. The van der Waals surface area contributed by atoms with Gasteiger partial charge in [-0.2, -0.15) is 0 Å². The Balaban J connectivity index is 1.85. The molecule has 0 N–H and O–H groups in total. The quantitative estimate of drug-likeness (QED) is 0.546. The van der Waals surface area contributed by atoms with E-state index in [0.29, 0.717) is 5.92 Å². The van der Waals surface area contributed by atoms with E-state index in [4.69, 9.17) is 4.98 Å². The van der Waals surface area contributed by atoms with Crippen LogP contribution in [0.1, 0.15) is 51.0 Å². The van der Waals surface area contributed by atoms with Crippen LogP contribution in [0.4, 0.5) is 10.8 Å². The summed E-state index contributed by atoms with van der Waals surface area (Å²) in [4.78, 5) is 20.2. The van der Waals surface area contributed by atoms with Gasteiger partial charge in [0.25, 0.3) is 0 Å². The Morgan fingerprint density at radius 1 is 1.08 bits per heavy atom. The minimum atomic E-state index is 0.113. The SMILES string of the molecule is CC(C)c1ccccc1N(C(=O)C1CCCC1)c1nc2ccccc2s1. The summed E-state index contributed by atoms with van der Waals surface area (Å²) >= 11 is 1.60. The number of aromatic nitrogens is 1. The average molecular weight is 365 g/mol. The van der Waals surface area contributed by atoms with Gasteiger partial charge < -0.3 is 0 Å². The maximum absolute atomic E-state index is 13.5. The normalized spacial score (nSPS) is 15.0. The van der Waals surface area contributed by atoms with Crippen LogP contribution in [0.15, 0.2) is 48.5 Å². The van der Waals surface area contributed by atoms with Crippen LogP contribution in [0.2, 0.25) is 0 Å². The molecule has 1 amide bonds. The average Bonchev–Trinajstić information content (AvgIpc) is 3.32. The summed E-state index contributed by atoms with van der Waals surface area (Å²) in [5.74, 6) is 0.663. The summed E-state index contributed by atoms with van der Waals surface area (Å²) < 4.78 is 1.12. The highest BCUT2D eigenvalue weighted by molar-refractivity contribution is 7.22. The fourth-order valence-corrected chi connectivity index (χ4v) is 4.79. The van der Waals surface area contributed by atoms with Gasteiger partial charge in [0.15, 0.2) is 5.13 Å². The molecule has 4 rings (SSSR count). The molecule has 1 heterocycles. The van der Waals surface area contributed by atoms with Crippen LogP contribution in [0, 0.1) is 5.92 Å². The molecule has 4 heteroatoms. The van der Waals surface area contributed by atoms with Crippen LogP contribution in [-0.2, 0) is 4.79 Å². The van der Waals surface area contributed by atoms with E-state index < -0.39 is 0 Å². The van der Waals surface area contributed by atoms with E-state index in [-0.39, 0.29) is 11.8 Å². The van der Waals surface area contributed by atoms with Crippen LogP contribution in [-0.4, -0.2) is 10.9 Å². The predicted octanol–water partition coefficient (Wildman–Crippen LogP) is 6.27. The lowest BCUT2D eigenvalue weighted by Crippen LogP contribution is -2.32. The second kappa shape index (κ2) is 7.20. The molecule has 0 unspecified atom stereocenters. The number of thiazole rings is 1. The van der Waals surface area contributed by atoms with Crippen molar-refractivity contribution in [2.75, 3.05) is 4.90 Å². The lowest BCUT2D eigenvalue weighted by Gasteiger charge is -2.26. The summed E-state index contributed by atoms with van der Waals surface area (Å²) in [5.41, 5.74) is 3.13. The largest absolute Gasteiger partial charge is 0.274 e. The third kappa shape index (κ3) is 3.14. The Hall–Kier alpha value is -2.20. The fraction of sp³-hybridized carbons (Fsp3) is 0.364. The van der Waals surface area contributed by atoms with Crippen molar-refractivity contribution in [1.82, 2.24) is 4.98 Å². The molecule has 0 saturated heterocycles. The Morgan fingerprint density at radius 2 is 1.77 bits per heavy atom. The number of carbonyl (C=O) groups excluding carboxylic acids is 1. The van der Waals surface area contributed by atoms with Crippen LogP contribution in [0.5, 0.6) is 0 Å². The predicted molar refractivity (Wildman–Crippen MR) is 109 cm³/mol. The Bertz CT molecular complexity index is 892. The molecule has 1 fully saturated rings. The van der Waals surface area contributed by atoms with Crippen molar-refractivity contribution < 1.29 is 4.79 Å². The summed E-state index contributed by atoms with van der Waals surface area (Å²) in [6, 6.07) is 16.4. The molecular formula is C22H24N2OS. The molecule has 0 spiro atoms.